The van der Waals surface area contributed by atoms with E-state index in [2.05, 4.69) is 68.9 Å². The Morgan fingerprint density at radius 1 is 1.00 bits per heavy atom. The lowest BCUT2D eigenvalue weighted by atomic mass is 9.96. The van der Waals surface area contributed by atoms with Gasteiger partial charge >= 0.3 is 0 Å². The Labute approximate surface area is 204 Å². The fourth-order valence-corrected chi connectivity index (χ4v) is 6.30. The highest BCUT2D eigenvalue weighted by molar-refractivity contribution is 9.09. The molecule has 0 saturated heterocycles. The second-order valence-electron chi connectivity index (χ2n) is 10.1. The van der Waals surface area contributed by atoms with Gasteiger partial charge in [0.25, 0.3) is 10.1 Å². The summed E-state index contributed by atoms with van der Waals surface area (Å²) in [5.41, 5.74) is 2.19. The summed E-state index contributed by atoms with van der Waals surface area (Å²) < 4.78 is 37.8. The van der Waals surface area contributed by atoms with E-state index in [1.165, 1.54) is 5.56 Å². The Morgan fingerprint density at radius 2 is 1.56 bits per heavy atom. The van der Waals surface area contributed by atoms with Crippen LogP contribution in [-0.4, -0.2) is 29.4 Å². The lowest BCUT2D eigenvalue weighted by Gasteiger charge is -2.41. The lowest BCUT2D eigenvalue weighted by Crippen LogP contribution is -2.47. The number of halogens is 1. The van der Waals surface area contributed by atoms with Crippen molar-refractivity contribution < 1.29 is 17.0 Å². The van der Waals surface area contributed by atoms with Crippen molar-refractivity contribution in [3.8, 4) is 0 Å². The first-order valence-corrected chi connectivity index (χ1v) is 16.3. The van der Waals surface area contributed by atoms with Crippen LogP contribution in [0.5, 0.6) is 0 Å². The van der Waals surface area contributed by atoms with Crippen LogP contribution in [0.4, 0.5) is 0 Å². The molecule has 0 aromatic heterocycles. The van der Waals surface area contributed by atoms with E-state index in [-0.39, 0.29) is 33.4 Å². The summed E-state index contributed by atoms with van der Waals surface area (Å²) in [5.74, 6) is 0.0851. The van der Waals surface area contributed by atoms with Gasteiger partial charge < -0.3 is 4.43 Å². The van der Waals surface area contributed by atoms with Gasteiger partial charge in [-0.25, -0.2) is 0 Å². The van der Waals surface area contributed by atoms with E-state index >= 15 is 0 Å². The molecule has 0 spiro atoms. The van der Waals surface area contributed by atoms with E-state index in [4.69, 9.17) is 8.61 Å². The molecule has 2 rings (SSSR count). The monoisotopic (exact) mass is 540 g/mol. The molecule has 178 valence electrons. The first-order chi connectivity index (χ1) is 14.7. The molecule has 3 atom stereocenters. The minimum absolute atomic E-state index is 0.00159. The average molecular weight is 542 g/mol. The molecule has 0 bridgehead atoms. The van der Waals surface area contributed by atoms with Crippen molar-refractivity contribution in [2.24, 2.45) is 5.92 Å². The minimum Gasteiger partial charge on any atom is -0.411 e. The smallest absolute Gasteiger partial charge is 0.297 e. The molecule has 0 N–H and O–H groups in total. The van der Waals surface area contributed by atoms with Crippen LogP contribution in [-0.2, 0) is 18.7 Å². The third-order valence-electron chi connectivity index (χ3n) is 6.32. The molecule has 0 heterocycles. The summed E-state index contributed by atoms with van der Waals surface area (Å²) in [6.45, 7) is 14.9. The SMILES string of the molecule is Cc1ccc(S(=O)(=O)OC[C@@H](O[Si](C)(C)C(C)(C)C)[C@@H](C)C[C@H](Br)c2ccccc2)cc1. The van der Waals surface area contributed by atoms with Crippen LogP contribution >= 0.6 is 15.9 Å². The van der Waals surface area contributed by atoms with Crippen LogP contribution in [0.3, 0.4) is 0 Å². The van der Waals surface area contributed by atoms with Crippen LogP contribution in [0.1, 0.15) is 50.1 Å². The molecule has 0 unspecified atom stereocenters. The van der Waals surface area contributed by atoms with Crippen molar-refractivity contribution in [1.82, 2.24) is 0 Å². The number of hydrogen-bond donors (Lipinski definition) is 0. The first kappa shape index (κ1) is 27.3. The molecule has 4 nitrogen and oxygen atoms in total. The van der Waals surface area contributed by atoms with Gasteiger partial charge in [0.15, 0.2) is 8.32 Å². The van der Waals surface area contributed by atoms with E-state index in [0.717, 1.165) is 12.0 Å². The fourth-order valence-electron chi connectivity index (χ4n) is 3.08. The molecule has 7 heteroatoms. The zero-order chi connectivity index (χ0) is 24.2. The number of hydrogen-bond acceptors (Lipinski definition) is 4. The van der Waals surface area contributed by atoms with Gasteiger partial charge in [-0.15, -0.1) is 0 Å². The molecule has 2 aromatic carbocycles. The zero-order valence-corrected chi connectivity index (χ0v) is 23.7. The number of aryl methyl sites for hydroxylation is 1. The summed E-state index contributed by atoms with van der Waals surface area (Å²) in [6, 6.07) is 16.9. The van der Waals surface area contributed by atoms with Crippen molar-refractivity contribution in [1.29, 1.82) is 0 Å². The van der Waals surface area contributed by atoms with Crippen molar-refractivity contribution in [2.45, 2.75) is 75.0 Å². The molecule has 0 amide bonds. The molecular weight excluding hydrogens is 504 g/mol. The molecule has 0 saturated carbocycles. The Bertz CT molecular complexity index is 954. The first-order valence-electron chi connectivity index (χ1n) is 11.1. The zero-order valence-electron chi connectivity index (χ0n) is 20.3. The average Bonchev–Trinajstić information content (AvgIpc) is 2.71. The van der Waals surface area contributed by atoms with Crippen LogP contribution in [0, 0.1) is 12.8 Å². The quantitative estimate of drug-likeness (QED) is 0.181. The maximum Gasteiger partial charge on any atom is 0.297 e. The molecule has 2 aromatic rings. The largest absolute Gasteiger partial charge is 0.411 e. The van der Waals surface area contributed by atoms with Gasteiger partial charge in [0.05, 0.1) is 17.6 Å². The van der Waals surface area contributed by atoms with Crippen LogP contribution in [0.2, 0.25) is 18.1 Å². The summed E-state index contributed by atoms with van der Waals surface area (Å²) >= 11 is 3.80. The normalized spacial score (nSPS) is 15.9. The summed E-state index contributed by atoms with van der Waals surface area (Å²) in [6.07, 6.45) is 0.469. The predicted molar refractivity (Wildman–Crippen MR) is 138 cm³/mol. The molecule has 0 aliphatic rings. The molecule has 0 radical (unpaired) electrons. The maximum atomic E-state index is 12.8. The van der Waals surface area contributed by atoms with Crippen LogP contribution in [0.25, 0.3) is 0 Å². The molecule has 0 aliphatic carbocycles. The highest BCUT2D eigenvalue weighted by Gasteiger charge is 2.41. The van der Waals surface area contributed by atoms with Crippen molar-refractivity contribution in [3.05, 3.63) is 65.7 Å². The molecular formula is C25H37BrO4SSi. The van der Waals surface area contributed by atoms with E-state index < -0.39 is 18.4 Å². The molecule has 0 aliphatic heterocycles. The number of rotatable bonds is 10. The van der Waals surface area contributed by atoms with E-state index in [1.807, 2.05) is 25.1 Å². The number of alkyl halides is 1. The van der Waals surface area contributed by atoms with Gasteiger partial charge in [-0.3, -0.25) is 4.18 Å². The van der Waals surface area contributed by atoms with Crippen LogP contribution in [0.15, 0.2) is 59.5 Å². The summed E-state index contributed by atoms with van der Waals surface area (Å²) in [5, 5.41) is 0.00797. The predicted octanol–water partition coefficient (Wildman–Crippen LogP) is 7.25. The Hall–Kier alpha value is -0.993. The molecule has 0 fully saturated rings. The number of benzene rings is 2. The van der Waals surface area contributed by atoms with Crippen molar-refractivity contribution in [3.63, 3.8) is 0 Å². The van der Waals surface area contributed by atoms with Gasteiger partial charge in [-0.1, -0.05) is 91.7 Å². The van der Waals surface area contributed by atoms with Crippen molar-refractivity contribution >= 4 is 34.4 Å². The van der Waals surface area contributed by atoms with Crippen LogP contribution < -0.4 is 0 Å². The Balaban J connectivity index is 2.20. The van der Waals surface area contributed by atoms with E-state index in [9.17, 15) is 8.42 Å². The summed E-state index contributed by atoms with van der Waals surface area (Å²) in [7, 11) is -5.99. The van der Waals surface area contributed by atoms with E-state index in [0.29, 0.717) is 0 Å². The summed E-state index contributed by atoms with van der Waals surface area (Å²) in [4.78, 5) is 0.322. The standard InChI is InChI=1S/C25H37BrO4SSi/c1-19-13-15-22(16-14-19)31(27,28)29-18-24(30-32(6,7)25(3,4)5)20(2)17-23(26)21-11-9-8-10-12-21/h8-16,20,23-24H,17-18H2,1-7H3/t20-,23-,24+/m0/s1. The van der Waals surface area contributed by atoms with Gasteiger partial charge in [-0.05, 0) is 55.1 Å². The second kappa shape index (κ2) is 11.0. The van der Waals surface area contributed by atoms with Gasteiger partial charge in [-0.2, -0.15) is 8.42 Å². The molecule has 32 heavy (non-hydrogen) atoms. The van der Waals surface area contributed by atoms with Gasteiger partial charge in [0.1, 0.15) is 0 Å². The van der Waals surface area contributed by atoms with Gasteiger partial charge in [0.2, 0.25) is 0 Å². The van der Waals surface area contributed by atoms with Gasteiger partial charge in [0, 0.05) is 4.83 Å². The highest BCUT2D eigenvalue weighted by Crippen LogP contribution is 2.40. The fraction of sp³-hybridized carbons (Fsp3) is 0.520. The minimum atomic E-state index is -3.85. The lowest BCUT2D eigenvalue weighted by molar-refractivity contribution is 0.0715. The maximum absolute atomic E-state index is 12.8. The van der Waals surface area contributed by atoms with Crippen molar-refractivity contribution in [2.75, 3.05) is 6.61 Å². The second-order valence-corrected chi connectivity index (χ2v) is 17.5. The highest BCUT2D eigenvalue weighted by atomic mass is 79.9. The topological polar surface area (TPSA) is 52.6 Å². The Morgan fingerprint density at radius 3 is 2.09 bits per heavy atom. The van der Waals surface area contributed by atoms with E-state index in [1.54, 1.807) is 24.3 Å². The Kier molecular flexibility index (Phi) is 9.33. The third kappa shape index (κ3) is 7.52. The third-order valence-corrected chi connectivity index (χ3v) is 13.0.